The molecule has 13 heteroatoms. The van der Waals surface area contributed by atoms with E-state index in [4.69, 9.17) is 0 Å². The monoisotopic (exact) mass is 548 g/mol. The van der Waals surface area contributed by atoms with E-state index in [9.17, 15) is 40.7 Å². The van der Waals surface area contributed by atoms with Crippen LogP contribution in [0.2, 0.25) is 0 Å². The molecule has 6 rings (SSSR count). The van der Waals surface area contributed by atoms with Crippen LogP contribution in [0.1, 0.15) is 17.5 Å². The third-order valence-electron chi connectivity index (χ3n) is 7.37. The zero-order valence-corrected chi connectivity index (χ0v) is 19.8. The number of carbonyl (C=O) groups is 3. The smallest absolute Gasteiger partial charge is 0.317 e. The number of nitrogens with one attached hydrogen (secondary N) is 1. The minimum atomic E-state index is -5.07. The van der Waals surface area contributed by atoms with Crippen molar-refractivity contribution in [2.24, 2.45) is 0 Å². The second-order valence-corrected chi connectivity index (χ2v) is 9.64. The summed E-state index contributed by atoms with van der Waals surface area (Å²) < 4.78 is 79.4. The highest BCUT2D eigenvalue weighted by Crippen LogP contribution is 2.44. The normalized spacial score (nSPS) is 22.7. The number of hydrogen-bond acceptors (Lipinski definition) is 3. The number of fused-ring (bicyclic) bond motifs is 6. The van der Waals surface area contributed by atoms with Crippen molar-refractivity contribution in [3.63, 3.8) is 0 Å². The van der Waals surface area contributed by atoms with Crippen molar-refractivity contribution in [2.45, 2.75) is 36.9 Å². The predicted octanol–water partition coefficient (Wildman–Crippen LogP) is 5.70. The van der Waals surface area contributed by atoms with Gasteiger partial charge in [-0.05, 0) is 36.1 Å². The molecule has 0 radical (unpaired) electrons. The van der Waals surface area contributed by atoms with E-state index in [1.54, 1.807) is 24.3 Å². The van der Waals surface area contributed by atoms with Crippen LogP contribution < -0.4 is 10.2 Å². The molecule has 3 fully saturated rings. The van der Waals surface area contributed by atoms with Gasteiger partial charge in [0, 0.05) is 17.6 Å². The van der Waals surface area contributed by atoms with Crippen molar-refractivity contribution in [3.05, 3.63) is 71.8 Å². The Hall–Kier alpha value is -4.29. The first kappa shape index (κ1) is 25.0. The fourth-order valence-electron chi connectivity index (χ4n) is 5.74. The molecule has 3 aliphatic heterocycles. The van der Waals surface area contributed by atoms with Crippen LogP contribution in [-0.4, -0.2) is 52.4 Å². The van der Waals surface area contributed by atoms with Gasteiger partial charge in [-0.15, -0.1) is 0 Å². The molecular formula is C26H18F6N4O3. The molecule has 3 atom stereocenters. The van der Waals surface area contributed by atoms with Crippen LogP contribution in [0.5, 0.6) is 0 Å². The highest BCUT2D eigenvalue weighted by atomic mass is 19.4. The number of amides is 5. The number of nitrogens with zero attached hydrogens (tertiary/aromatic N) is 3. The summed E-state index contributed by atoms with van der Waals surface area (Å²) in [5.41, 5.74) is -3.43. The van der Waals surface area contributed by atoms with E-state index in [1.807, 2.05) is 18.2 Å². The summed E-state index contributed by atoms with van der Waals surface area (Å²) in [7, 11) is 0. The van der Waals surface area contributed by atoms with Crippen molar-refractivity contribution in [1.29, 1.82) is 0 Å². The first-order valence-electron chi connectivity index (χ1n) is 11.9. The Labute approximate surface area is 216 Å². The summed E-state index contributed by atoms with van der Waals surface area (Å²) >= 11 is 0. The van der Waals surface area contributed by atoms with Crippen LogP contribution in [0.3, 0.4) is 0 Å². The quantitative estimate of drug-likeness (QED) is 0.330. The number of imide groups is 1. The lowest BCUT2D eigenvalue weighted by Gasteiger charge is -2.34. The number of carbonyl (C=O) groups excluding carboxylic acids is 3. The number of hydrogen-bond donors (Lipinski definition) is 1. The van der Waals surface area contributed by atoms with Gasteiger partial charge in [0.25, 0.3) is 5.91 Å². The van der Waals surface area contributed by atoms with E-state index >= 15 is 0 Å². The van der Waals surface area contributed by atoms with Gasteiger partial charge in [0.15, 0.2) is 0 Å². The van der Waals surface area contributed by atoms with Crippen molar-refractivity contribution < 1.29 is 40.7 Å². The van der Waals surface area contributed by atoms with Crippen molar-refractivity contribution in [3.8, 4) is 0 Å². The van der Waals surface area contributed by atoms with Crippen LogP contribution in [0.15, 0.2) is 60.7 Å². The highest BCUT2D eigenvalue weighted by molar-refractivity contribution is 6.25. The molecule has 0 spiro atoms. The summed E-state index contributed by atoms with van der Waals surface area (Å²) in [5, 5.41) is 3.61. The number of rotatable bonds is 2. The molecule has 0 saturated carbocycles. The van der Waals surface area contributed by atoms with E-state index in [2.05, 4.69) is 5.32 Å². The fourth-order valence-corrected chi connectivity index (χ4v) is 5.74. The molecule has 202 valence electrons. The lowest BCUT2D eigenvalue weighted by Crippen LogP contribution is -2.55. The van der Waals surface area contributed by atoms with Crippen LogP contribution in [0.4, 0.5) is 47.3 Å². The maximum atomic E-state index is 13.5. The molecule has 5 amide bonds. The maximum absolute atomic E-state index is 13.5. The highest BCUT2D eigenvalue weighted by Gasteiger charge is 2.63. The van der Waals surface area contributed by atoms with Crippen molar-refractivity contribution in [1.82, 2.24) is 9.80 Å². The molecule has 0 aliphatic carbocycles. The number of piperazine rings is 1. The largest absolute Gasteiger partial charge is 0.416 e. The molecule has 7 nitrogen and oxygen atoms in total. The van der Waals surface area contributed by atoms with Crippen LogP contribution in [-0.2, 0) is 17.1 Å². The molecule has 3 aliphatic rings. The molecule has 3 saturated heterocycles. The molecule has 3 unspecified atom stereocenters. The van der Waals surface area contributed by atoms with Crippen LogP contribution in [0.25, 0.3) is 10.8 Å². The Balaban J connectivity index is 1.27. The van der Waals surface area contributed by atoms with Crippen LogP contribution >= 0.6 is 0 Å². The minimum absolute atomic E-state index is 0.0273. The summed E-state index contributed by atoms with van der Waals surface area (Å²) in [6, 6.07) is 9.32. The maximum Gasteiger partial charge on any atom is 0.416 e. The third-order valence-corrected chi connectivity index (χ3v) is 7.37. The van der Waals surface area contributed by atoms with E-state index in [1.165, 1.54) is 9.80 Å². The average Bonchev–Trinajstić information content (AvgIpc) is 3.54. The summed E-state index contributed by atoms with van der Waals surface area (Å²) in [4.78, 5) is 43.6. The first-order chi connectivity index (χ1) is 18.3. The third kappa shape index (κ3) is 3.94. The summed E-state index contributed by atoms with van der Waals surface area (Å²) in [5.74, 6) is -0.556. The molecule has 0 aromatic heterocycles. The number of likely N-dealkylation sites (tertiary alicyclic amines) is 1. The molecule has 2 bridgehead atoms. The molecule has 3 heterocycles. The second kappa shape index (κ2) is 8.35. The second-order valence-electron chi connectivity index (χ2n) is 9.64. The van der Waals surface area contributed by atoms with Gasteiger partial charge in [-0.1, -0.05) is 36.4 Å². The van der Waals surface area contributed by atoms with Gasteiger partial charge in [-0.25, -0.2) is 14.5 Å². The SMILES string of the molecule is O=C1C2C3CC(CN3C(=O)Nc3cc(C(F)(F)F)cc(C(F)(F)F)c3)N2C(=O)N1c1cccc2ccccc12. The van der Waals surface area contributed by atoms with E-state index in [-0.39, 0.29) is 19.0 Å². The topological polar surface area (TPSA) is 73.0 Å². The standard InChI is InChI=1S/C26H18F6N4O3/c27-25(28,29)14-8-15(26(30,31)32)10-16(9-14)33-23(38)34-12-17-11-20(34)21-22(37)36(24(39)35(17)21)19-7-3-5-13-4-1-2-6-18(13)19/h1-10,17,20-21H,11-12H2,(H,33,38). The van der Waals surface area contributed by atoms with Gasteiger partial charge >= 0.3 is 24.4 Å². The molecular weight excluding hydrogens is 530 g/mol. The minimum Gasteiger partial charge on any atom is -0.317 e. The van der Waals surface area contributed by atoms with E-state index < -0.39 is 65.3 Å². The predicted molar refractivity (Wildman–Crippen MR) is 127 cm³/mol. The number of alkyl halides is 6. The lowest BCUT2D eigenvalue weighted by atomic mass is 10.1. The number of halogens is 6. The van der Waals surface area contributed by atoms with E-state index in [0.717, 1.165) is 10.3 Å². The van der Waals surface area contributed by atoms with Gasteiger partial charge in [0.1, 0.15) is 6.04 Å². The number of benzene rings is 3. The van der Waals surface area contributed by atoms with Gasteiger partial charge < -0.3 is 15.1 Å². The molecule has 3 aromatic rings. The van der Waals surface area contributed by atoms with Crippen molar-refractivity contribution in [2.75, 3.05) is 16.8 Å². The molecule has 1 N–H and O–H groups in total. The van der Waals surface area contributed by atoms with Gasteiger partial charge in [0.2, 0.25) is 0 Å². The lowest BCUT2D eigenvalue weighted by molar-refractivity contribution is -0.143. The summed E-state index contributed by atoms with van der Waals surface area (Å²) in [6.07, 6.45) is -9.89. The van der Waals surface area contributed by atoms with Crippen LogP contribution in [0, 0.1) is 0 Å². The Kier molecular flexibility index (Phi) is 5.36. The zero-order valence-electron chi connectivity index (χ0n) is 19.8. The van der Waals surface area contributed by atoms with E-state index in [0.29, 0.717) is 23.2 Å². The number of anilines is 2. The zero-order chi connectivity index (χ0) is 27.9. The van der Waals surface area contributed by atoms with Crippen molar-refractivity contribution >= 4 is 40.1 Å². The van der Waals surface area contributed by atoms with Gasteiger partial charge in [-0.3, -0.25) is 4.79 Å². The molecule has 3 aromatic carbocycles. The Morgan fingerprint density at radius 1 is 0.872 bits per heavy atom. The van der Waals surface area contributed by atoms with Gasteiger partial charge in [-0.2, -0.15) is 26.3 Å². The fraction of sp³-hybridized carbons (Fsp3) is 0.269. The summed E-state index contributed by atoms with van der Waals surface area (Å²) in [6.45, 7) is -0.0273. The Bertz CT molecular complexity index is 1500. The first-order valence-corrected chi connectivity index (χ1v) is 11.9. The Morgan fingerprint density at radius 2 is 1.51 bits per heavy atom. The van der Waals surface area contributed by atoms with Gasteiger partial charge in [0.05, 0.1) is 28.9 Å². The molecule has 39 heavy (non-hydrogen) atoms. The number of urea groups is 2. The Morgan fingerprint density at radius 3 is 2.18 bits per heavy atom. The average molecular weight is 548 g/mol.